The van der Waals surface area contributed by atoms with Crippen LogP contribution in [0, 0.1) is 0 Å². The van der Waals surface area contributed by atoms with Crippen molar-refractivity contribution in [3.63, 3.8) is 0 Å². The zero-order valence-electron chi connectivity index (χ0n) is 27.5. The largest absolute Gasteiger partial charge is 2.00 e. The summed E-state index contributed by atoms with van der Waals surface area (Å²) in [6, 6.07) is 81.4. The van der Waals surface area contributed by atoms with Gasteiger partial charge in [-0.3, -0.25) is 0 Å². The van der Waals surface area contributed by atoms with E-state index in [1.54, 1.807) is 0 Å². The number of halogens is 1. The molecular weight excluding hydrogens is 709 g/mol. The van der Waals surface area contributed by atoms with Gasteiger partial charge < -0.3 is 12.4 Å². The van der Waals surface area contributed by atoms with E-state index < -0.39 is 15.8 Å². The van der Waals surface area contributed by atoms with Crippen molar-refractivity contribution < 1.29 is 28.9 Å². The fraction of sp³-hybridized carbons (Fsp3) is 0. The molecule has 0 unspecified atom stereocenters. The minimum atomic E-state index is -0.446. The third kappa shape index (κ3) is 10.8. The van der Waals surface area contributed by atoms with E-state index >= 15 is 0 Å². The SMILES string of the molecule is [Cl-].[Ni+2].c1ccc(P(c2ccccc2)c2ccccc2)cc1.c1ccc(P(c2ccccc2)c2ccccc2)cc1.c1ccc2ccccc2c1. The standard InChI is InChI=1S/2C18H15P.C10H8.ClH.Ni/c2*1-4-10-16(11-5-1)19(17-12-6-2-7-13-17)18-14-8-3-9-15-18;1-2-6-10-8-4-3-7-9(10)5-1;;/h2*1-15H;1-8H;1H;/q;;;;+2/p-1. The van der Waals surface area contributed by atoms with Gasteiger partial charge >= 0.3 is 16.5 Å². The Labute approximate surface area is 316 Å². The van der Waals surface area contributed by atoms with Gasteiger partial charge in [-0.2, -0.15) is 0 Å². The zero-order chi connectivity index (χ0) is 32.6. The molecule has 0 spiro atoms. The zero-order valence-corrected chi connectivity index (χ0v) is 31.1. The molecule has 0 heterocycles. The van der Waals surface area contributed by atoms with Gasteiger partial charge in [0.15, 0.2) is 0 Å². The van der Waals surface area contributed by atoms with Crippen LogP contribution in [0.5, 0.6) is 0 Å². The van der Waals surface area contributed by atoms with Crippen molar-refractivity contribution in [2.45, 2.75) is 0 Å². The molecule has 248 valence electrons. The van der Waals surface area contributed by atoms with Crippen molar-refractivity contribution in [2.24, 2.45) is 0 Å². The van der Waals surface area contributed by atoms with Gasteiger partial charge in [-0.1, -0.05) is 231 Å². The van der Waals surface area contributed by atoms with Crippen LogP contribution >= 0.6 is 15.8 Å². The molecule has 8 aromatic carbocycles. The number of fused-ring (bicyclic) bond motifs is 1. The molecule has 0 nitrogen and oxygen atoms in total. The molecule has 8 aromatic rings. The molecule has 0 bridgehead atoms. The predicted octanol–water partition coefficient (Wildman–Crippen LogP) is 6.73. The van der Waals surface area contributed by atoms with E-state index in [0.717, 1.165) is 0 Å². The van der Waals surface area contributed by atoms with E-state index in [-0.39, 0.29) is 28.9 Å². The van der Waals surface area contributed by atoms with Crippen molar-refractivity contribution in [2.75, 3.05) is 0 Å². The van der Waals surface area contributed by atoms with E-state index in [4.69, 9.17) is 0 Å². The van der Waals surface area contributed by atoms with Gasteiger partial charge in [0, 0.05) is 0 Å². The molecule has 0 aliphatic carbocycles. The van der Waals surface area contributed by atoms with E-state index in [2.05, 4.69) is 231 Å². The summed E-state index contributed by atoms with van der Waals surface area (Å²) in [6.07, 6.45) is 0. The fourth-order valence-electron chi connectivity index (χ4n) is 5.49. The molecule has 0 aliphatic heterocycles. The summed E-state index contributed by atoms with van der Waals surface area (Å²) >= 11 is 0. The summed E-state index contributed by atoms with van der Waals surface area (Å²) in [5, 5.41) is 11.0. The minimum absolute atomic E-state index is 0. The summed E-state index contributed by atoms with van der Waals surface area (Å²) in [7, 11) is -0.892. The fourth-order valence-corrected chi connectivity index (χ4v) is 10.1. The van der Waals surface area contributed by atoms with Gasteiger partial charge in [-0.25, -0.2) is 0 Å². The topological polar surface area (TPSA) is 0 Å². The molecule has 0 amide bonds. The summed E-state index contributed by atoms with van der Waals surface area (Å²) in [4.78, 5) is 0. The Balaban J connectivity index is 0.000000173. The second-order valence-corrected chi connectivity index (χ2v) is 15.5. The monoisotopic (exact) mass is 745 g/mol. The molecule has 0 N–H and O–H groups in total. The van der Waals surface area contributed by atoms with Crippen molar-refractivity contribution in [1.29, 1.82) is 0 Å². The van der Waals surface area contributed by atoms with Gasteiger partial charge in [0.1, 0.15) is 0 Å². The summed E-state index contributed by atoms with van der Waals surface area (Å²) in [5.74, 6) is 0. The maximum absolute atomic E-state index is 2.23. The Morgan fingerprint density at radius 3 is 0.500 bits per heavy atom. The molecule has 50 heavy (non-hydrogen) atoms. The molecule has 0 fully saturated rings. The Kier molecular flexibility index (Phi) is 16.2. The van der Waals surface area contributed by atoms with Crippen LogP contribution in [0.2, 0.25) is 0 Å². The first kappa shape index (κ1) is 38.5. The number of rotatable bonds is 6. The van der Waals surface area contributed by atoms with E-state index in [1.165, 1.54) is 42.6 Å². The van der Waals surface area contributed by atoms with Gasteiger partial charge in [-0.05, 0) is 58.4 Å². The molecule has 0 saturated heterocycles. The van der Waals surface area contributed by atoms with Crippen LogP contribution in [-0.2, 0) is 16.5 Å². The predicted molar refractivity (Wildman–Crippen MR) is 214 cm³/mol. The van der Waals surface area contributed by atoms with Crippen LogP contribution in [0.25, 0.3) is 10.8 Å². The van der Waals surface area contributed by atoms with Crippen LogP contribution in [0.1, 0.15) is 0 Å². The van der Waals surface area contributed by atoms with Crippen molar-refractivity contribution in [3.8, 4) is 0 Å². The molecule has 0 atom stereocenters. The van der Waals surface area contributed by atoms with Crippen LogP contribution in [0.3, 0.4) is 0 Å². The quantitative estimate of drug-likeness (QED) is 0.131. The Hall–Kier alpha value is -4.34. The smallest absolute Gasteiger partial charge is 1.00 e. The maximum atomic E-state index is 2.23. The average molecular weight is 747 g/mol. The van der Waals surface area contributed by atoms with Crippen molar-refractivity contribution in [3.05, 3.63) is 231 Å². The molecule has 0 aromatic heterocycles. The Bertz CT molecular complexity index is 1690. The van der Waals surface area contributed by atoms with E-state index in [9.17, 15) is 0 Å². The van der Waals surface area contributed by atoms with E-state index in [0.29, 0.717) is 0 Å². The van der Waals surface area contributed by atoms with Crippen molar-refractivity contribution >= 4 is 58.4 Å². The summed E-state index contributed by atoms with van der Waals surface area (Å²) < 4.78 is 0. The first-order valence-electron chi connectivity index (χ1n) is 16.2. The minimum Gasteiger partial charge on any atom is -1.00 e. The van der Waals surface area contributed by atoms with E-state index in [1.807, 2.05) is 0 Å². The second kappa shape index (κ2) is 21.0. The van der Waals surface area contributed by atoms with Gasteiger partial charge in [0.05, 0.1) is 0 Å². The van der Waals surface area contributed by atoms with Crippen LogP contribution in [0.15, 0.2) is 231 Å². The molecule has 8 rings (SSSR count). The molecule has 4 heteroatoms. The van der Waals surface area contributed by atoms with Crippen LogP contribution in [0.4, 0.5) is 0 Å². The third-order valence-corrected chi connectivity index (χ3v) is 12.6. The third-order valence-electron chi connectivity index (χ3n) is 7.75. The number of benzene rings is 8. The molecule has 0 radical (unpaired) electrons. The van der Waals surface area contributed by atoms with Crippen LogP contribution < -0.4 is 44.2 Å². The molecule has 0 saturated carbocycles. The van der Waals surface area contributed by atoms with Crippen LogP contribution in [-0.4, -0.2) is 0 Å². The van der Waals surface area contributed by atoms with Gasteiger partial charge in [0.25, 0.3) is 0 Å². The average Bonchev–Trinajstić information content (AvgIpc) is 3.18. The first-order valence-corrected chi connectivity index (χ1v) is 18.9. The Morgan fingerprint density at radius 1 is 0.200 bits per heavy atom. The number of hydrogen-bond donors (Lipinski definition) is 0. The first-order chi connectivity index (χ1) is 23.9. The van der Waals surface area contributed by atoms with Crippen molar-refractivity contribution in [1.82, 2.24) is 0 Å². The molecule has 0 aliphatic rings. The normalized spacial score (nSPS) is 10.0. The second-order valence-electron chi connectivity index (χ2n) is 11.0. The summed E-state index contributed by atoms with van der Waals surface area (Å²) in [6.45, 7) is 0. The Morgan fingerprint density at radius 2 is 0.340 bits per heavy atom. The van der Waals surface area contributed by atoms with Gasteiger partial charge in [-0.15, -0.1) is 0 Å². The number of hydrogen-bond acceptors (Lipinski definition) is 0. The summed E-state index contributed by atoms with van der Waals surface area (Å²) in [5.41, 5.74) is 0. The molecular formula is C46H38ClNiP2+. The van der Waals surface area contributed by atoms with Gasteiger partial charge in [0.2, 0.25) is 0 Å². The maximum Gasteiger partial charge on any atom is 2.00 e.